The molecule has 0 aromatic carbocycles. The molecule has 0 saturated carbocycles. The molecule has 4 nitrogen and oxygen atoms in total. The van der Waals surface area contributed by atoms with Crippen molar-refractivity contribution in [1.82, 2.24) is 4.90 Å². The number of nitrogens with zero attached hydrogens (tertiary/aromatic N) is 1. The molecule has 0 bridgehead atoms. The minimum atomic E-state index is -0.866. The average molecular weight is 229 g/mol. The molecule has 16 heavy (non-hydrogen) atoms. The first-order valence-corrected chi connectivity index (χ1v) is 5.68. The zero-order chi connectivity index (χ0) is 12.9. The lowest BCUT2D eigenvalue weighted by atomic mass is 9.91. The second-order valence-electron chi connectivity index (χ2n) is 5.36. The first kappa shape index (κ1) is 14.9. The molecule has 1 amide bonds. The van der Waals surface area contributed by atoms with Gasteiger partial charge < -0.3 is 10.0 Å². The number of carbonyl (C=O) groups excluding carboxylic acids is 1. The van der Waals surface area contributed by atoms with E-state index in [-0.39, 0.29) is 23.8 Å². The molecule has 0 spiro atoms. The van der Waals surface area contributed by atoms with E-state index < -0.39 is 5.97 Å². The Kier molecular flexibility index (Phi) is 5.48. The summed E-state index contributed by atoms with van der Waals surface area (Å²) in [6.07, 6.45) is 0.453. The van der Waals surface area contributed by atoms with Crippen LogP contribution >= 0.6 is 0 Å². The predicted molar refractivity (Wildman–Crippen MR) is 63.2 cm³/mol. The number of carboxylic acid groups (broad SMARTS) is 1. The highest BCUT2D eigenvalue weighted by atomic mass is 16.4. The monoisotopic (exact) mass is 229 g/mol. The SMILES string of the molecule is CCN(C(=O)CC(C)(C)C)C(C)CC(=O)O. The van der Waals surface area contributed by atoms with Crippen LogP contribution < -0.4 is 0 Å². The zero-order valence-corrected chi connectivity index (χ0v) is 10.9. The lowest BCUT2D eigenvalue weighted by molar-refractivity contribution is -0.141. The largest absolute Gasteiger partial charge is 0.481 e. The van der Waals surface area contributed by atoms with Gasteiger partial charge >= 0.3 is 5.97 Å². The number of aliphatic carboxylic acids is 1. The number of carboxylic acids is 1. The van der Waals surface area contributed by atoms with Gasteiger partial charge in [-0.25, -0.2) is 0 Å². The van der Waals surface area contributed by atoms with Gasteiger partial charge in [0.05, 0.1) is 6.42 Å². The van der Waals surface area contributed by atoms with Crippen molar-refractivity contribution in [2.75, 3.05) is 6.54 Å². The van der Waals surface area contributed by atoms with Crippen LogP contribution in [0.2, 0.25) is 0 Å². The molecule has 1 N–H and O–H groups in total. The van der Waals surface area contributed by atoms with E-state index in [1.807, 2.05) is 27.7 Å². The van der Waals surface area contributed by atoms with Crippen molar-refractivity contribution in [2.24, 2.45) is 5.41 Å². The molecular weight excluding hydrogens is 206 g/mol. The van der Waals surface area contributed by atoms with E-state index in [1.165, 1.54) is 0 Å². The highest BCUT2D eigenvalue weighted by Crippen LogP contribution is 2.21. The van der Waals surface area contributed by atoms with Gasteiger partial charge in [-0.05, 0) is 19.3 Å². The fourth-order valence-electron chi connectivity index (χ4n) is 1.65. The van der Waals surface area contributed by atoms with Gasteiger partial charge in [0.25, 0.3) is 0 Å². The molecule has 0 heterocycles. The van der Waals surface area contributed by atoms with Crippen LogP contribution in [0, 0.1) is 5.41 Å². The molecule has 0 aromatic rings. The van der Waals surface area contributed by atoms with Crippen molar-refractivity contribution in [3.8, 4) is 0 Å². The van der Waals surface area contributed by atoms with Crippen LogP contribution in [0.5, 0.6) is 0 Å². The Balaban J connectivity index is 4.48. The number of hydrogen-bond acceptors (Lipinski definition) is 2. The molecule has 0 saturated heterocycles. The van der Waals surface area contributed by atoms with Gasteiger partial charge in [-0.3, -0.25) is 9.59 Å². The summed E-state index contributed by atoms with van der Waals surface area (Å²) in [6.45, 7) is 10.2. The van der Waals surface area contributed by atoms with Gasteiger partial charge in [0.2, 0.25) is 5.91 Å². The third kappa shape index (κ3) is 5.73. The molecule has 4 heteroatoms. The second-order valence-corrected chi connectivity index (χ2v) is 5.36. The fraction of sp³-hybridized carbons (Fsp3) is 0.833. The van der Waals surface area contributed by atoms with Crippen molar-refractivity contribution in [3.63, 3.8) is 0 Å². The van der Waals surface area contributed by atoms with Crippen molar-refractivity contribution in [2.45, 2.75) is 53.5 Å². The minimum absolute atomic E-state index is 0.00369. The summed E-state index contributed by atoms with van der Waals surface area (Å²) in [7, 11) is 0. The number of hydrogen-bond donors (Lipinski definition) is 1. The van der Waals surface area contributed by atoms with Crippen LogP contribution in [0.15, 0.2) is 0 Å². The molecule has 0 aliphatic heterocycles. The number of amides is 1. The zero-order valence-electron chi connectivity index (χ0n) is 10.9. The first-order chi connectivity index (χ1) is 7.17. The molecule has 0 aromatic heterocycles. The van der Waals surface area contributed by atoms with Crippen LogP contribution in [0.1, 0.15) is 47.5 Å². The Hall–Kier alpha value is -1.06. The lowest BCUT2D eigenvalue weighted by Crippen LogP contribution is -2.41. The Morgan fingerprint density at radius 1 is 1.31 bits per heavy atom. The van der Waals surface area contributed by atoms with Crippen molar-refractivity contribution in [1.29, 1.82) is 0 Å². The van der Waals surface area contributed by atoms with Crippen LogP contribution in [0.25, 0.3) is 0 Å². The van der Waals surface area contributed by atoms with Gasteiger partial charge in [0.1, 0.15) is 0 Å². The Morgan fingerprint density at radius 2 is 1.81 bits per heavy atom. The quantitative estimate of drug-likeness (QED) is 0.785. The highest BCUT2D eigenvalue weighted by molar-refractivity contribution is 5.78. The second kappa shape index (κ2) is 5.87. The third-order valence-corrected chi connectivity index (χ3v) is 2.34. The fourth-order valence-corrected chi connectivity index (χ4v) is 1.65. The molecular formula is C12H23NO3. The van der Waals surface area contributed by atoms with Crippen LogP contribution in [0.3, 0.4) is 0 Å². The van der Waals surface area contributed by atoms with Crippen LogP contribution in [-0.4, -0.2) is 34.5 Å². The van der Waals surface area contributed by atoms with Gasteiger partial charge in [-0.2, -0.15) is 0 Å². The van der Waals surface area contributed by atoms with Crippen LogP contribution in [0.4, 0.5) is 0 Å². The Labute approximate surface area is 97.6 Å². The normalized spacial score (nSPS) is 13.3. The van der Waals surface area contributed by atoms with Gasteiger partial charge in [0, 0.05) is 19.0 Å². The number of carbonyl (C=O) groups is 2. The Bertz CT molecular complexity index is 255. The smallest absolute Gasteiger partial charge is 0.305 e. The van der Waals surface area contributed by atoms with Gasteiger partial charge in [0.15, 0.2) is 0 Å². The summed E-state index contributed by atoms with van der Waals surface area (Å²) in [5, 5.41) is 8.70. The summed E-state index contributed by atoms with van der Waals surface area (Å²) >= 11 is 0. The topological polar surface area (TPSA) is 57.6 Å². The molecule has 0 aliphatic rings. The predicted octanol–water partition coefficient (Wildman–Crippen LogP) is 2.13. The minimum Gasteiger partial charge on any atom is -0.481 e. The first-order valence-electron chi connectivity index (χ1n) is 5.68. The van der Waals surface area contributed by atoms with Crippen molar-refractivity contribution >= 4 is 11.9 Å². The maximum Gasteiger partial charge on any atom is 0.305 e. The standard InChI is InChI=1S/C12H23NO3/c1-6-13(9(2)7-11(15)16)10(14)8-12(3,4)5/h9H,6-8H2,1-5H3,(H,15,16). The summed E-state index contributed by atoms with van der Waals surface area (Å²) in [6, 6.07) is -0.239. The maximum absolute atomic E-state index is 11.9. The van der Waals surface area contributed by atoms with E-state index in [0.29, 0.717) is 13.0 Å². The van der Waals surface area contributed by atoms with Crippen molar-refractivity contribution < 1.29 is 14.7 Å². The van der Waals surface area contributed by atoms with Crippen LogP contribution in [-0.2, 0) is 9.59 Å². The molecule has 0 aliphatic carbocycles. The molecule has 0 fully saturated rings. The Morgan fingerprint density at radius 3 is 2.12 bits per heavy atom. The van der Waals surface area contributed by atoms with E-state index in [2.05, 4.69) is 0 Å². The summed E-state index contributed by atoms with van der Waals surface area (Å²) in [5.41, 5.74) is -0.0621. The third-order valence-electron chi connectivity index (χ3n) is 2.34. The van der Waals surface area contributed by atoms with Gasteiger partial charge in [-0.15, -0.1) is 0 Å². The molecule has 0 rings (SSSR count). The van der Waals surface area contributed by atoms with E-state index in [4.69, 9.17) is 5.11 Å². The summed E-state index contributed by atoms with van der Waals surface area (Å²) < 4.78 is 0. The van der Waals surface area contributed by atoms with E-state index in [9.17, 15) is 9.59 Å². The lowest BCUT2D eigenvalue weighted by Gasteiger charge is -2.30. The molecule has 1 unspecified atom stereocenters. The average Bonchev–Trinajstić information content (AvgIpc) is 1.99. The van der Waals surface area contributed by atoms with Crippen molar-refractivity contribution in [3.05, 3.63) is 0 Å². The molecule has 0 radical (unpaired) electrons. The van der Waals surface area contributed by atoms with E-state index in [1.54, 1.807) is 11.8 Å². The molecule has 1 atom stereocenters. The van der Waals surface area contributed by atoms with E-state index >= 15 is 0 Å². The molecule has 94 valence electrons. The summed E-state index contributed by atoms with van der Waals surface area (Å²) in [5.74, 6) is -0.835. The highest BCUT2D eigenvalue weighted by Gasteiger charge is 2.24. The number of rotatable bonds is 5. The maximum atomic E-state index is 11.9. The summed E-state index contributed by atoms with van der Waals surface area (Å²) in [4.78, 5) is 24.2. The van der Waals surface area contributed by atoms with E-state index in [0.717, 1.165) is 0 Å². The van der Waals surface area contributed by atoms with Gasteiger partial charge in [-0.1, -0.05) is 20.8 Å².